The Kier molecular flexibility index (Phi) is 5.31. The first-order valence-electron chi connectivity index (χ1n) is 10.7. The van der Waals surface area contributed by atoms with Gasteiger partial charge in [-0.15, -0.1) is 0 Å². The third kappa shape index (κ3) is 4.18. The van der Waals surface area contributed by atoms with Crippen LogP contribution in [0.25, 0.3) is 33.4 Å². The fraction of sp³-hybridized carbons (Fsp3) is 0.208. The molecule has 5 heterocycles. The minimum absolute atomic E-state index is 0.0728. The number of aliphatic hydroxyl groups is 1. The minimum Gasteiger partial charge on any atom is -0.388 e. The quantitative estimate of drug-likeness (QED) is 0.369. The van der Waals surface area contributed by atoms with Crippen LogP contribution >= 0.6 is 0 Å². The largest absolute Gasteiger partial charge is 0.388 e. The Morgan fingerprint density at radius 2 is 1.94 bits per heavy atom. The molecule has 0 bridgehead atoms. The number of fused-ring (bicyclic) bond motifs is 1. The highest BCUT2D eigenvalue weighted by atomic mass is 16.3. The topological polar surface area (TPSA) is 131 Å². The molecule has 4 N–H and O–H groups in total. The van der Waals surface area contributed by atoms with Gasteiger partial charge < -0.3 is 15.8 Å². The molecule has 5 aromatic rings. The fourth-order valence-corrected chi connectivity index (χ4v) is 4.03. The van der Waals surface area contributed by atoms with E-state index in [9.17, 15) is 5.11 Å². The SMILES string of the molecule is CC(Cc1cc(-c2c[nH]c3ncc(-c4cnn(C)c4)cc23)nc(N)n1)C(O)c1ccncc1. The highest BCUT2D eigenvalue weighted by Crippen LogP contribution is 2.31. The number of nitrogen functional groups attached to an aromatic ring is 1. The molecular formula is C24H24N8O. The van der Waals surface area contributed by atoms with Crippen molar-refractivity contribution < 1.29 is 5.11 Å². The van der Waals surface area contributed by atoms with E-state index in [1.54, 1.807) is 17.1 Å². The fourth-order valence-electron chi connectivity index (χ4n) is 4.03. The third-order valence-corrected chi connectivity index (χ3v) is 5.76. The maximum absolute atomic E-state index is 10.7. The number of hydrogen-bond acceptors (Lipinski definition) is 7. The molecule has 33 heavy (non-hydrogen) atoms. The van der Waals surface area contributed by atoms with E-state index in [1.807, 2.05) is 57.0 Å². The van der Waals surface area contributed by atoms with E-state index in [0.29, 0.717) is 12.1 Å². The molecule has 0 fully saturated rings. The van der Waals surface area contributed by atoms with Gasteiger partial charge in [-0.05, 0) is 42.2 Å². The first-order chi connectivity index (χ1) is 16.0. The number of aryl methyl sites for hydroxylation is 1. The zero-order valence-corrected chi connectivity index (χ0v) is 18.3. The summed E-state index contributed by atoms with van der Waals surface area (Å²) in [6, 6.07) is 7.63. The lowest BCUT2D eigenvalue weighted by molar-refractivity contribution is 0.117. The van der Waals surface area contributed by atoms with Gasteiger partial charge in [0.05, 0.1) is 18.0 Å². The number of aliphatic hydroxyl groups excluding tert-OH is 1. The Bertz CT molecular complexity index is 1410. The van der Waals surface area contributed by atoms with Gasteiger partial charge in [0.25, 0.3) is 0 Å². The number of nitrogens with zero attached hydrogens (tertiary/aromatic N) is 6. The van der Waals surface area contributed by atoms with Crippen LogP contribution in [0.1, 0.15) is 24.3 Å². The van der Waals surface area contributed by atoms with Crippen LogP contribution in [0.15, 0.2) is 61.4 Å². The number of hydrogen-bond donors (Lipinski definition) is 3. The number of aromatic amines is 1. The zero-order valence-electron chi connectivity index (χ0n) is 18.3. The highest BCUT2D eigenvalue weighted by Gasteiger charge is 2.19. The van der Waals surface area contributed by atoms with Crippen molar-refractivity contribution >= 4 is 17.0 Å². The Morgan fingerprint density at radius 3 is 2.70 bits per heavy atom. The Labute approximate surface area is 190 Å². The predicted octanol–water partition coefficient (Wildman–Crippen LogP) is 3.31. The molecule has 0 spiro atoms. The monoisotopic (exact) mass is 440 g/mol. The number of nitrogens with one attached hydrogen (secondary N) is 1. The van der Waals surface area contributed by atoms with Gasteiger partial charge in [-0.25, -0.2) is 15.0 Å². The maximum Gasteiger partial charge on any atom is 0.220 e. The third-order valence-electron chi connectivity index (χ3n) is 5.76. The van der Waals surface area contributed by atoms with Crippen molar-refractivity contribution in [1.29, 1.82) is 0 Å². The molecule has 0 aromatic carbocycles. The Morgan fingerprint density at radius 1 is 1.12 bits per heavy atom. The lowest BCUT2D eigenvalue weighted by atomic mass is 9.93. The standard InChI is InChI=1S/C24H24N8O/c1-14(22(33)15-3-5-26-6-4-15)7-18-9-21(31-24(25)30-18)20-12-28-23-19(20)8-16(10-27-23)17-11-29-32(2)13-17/h3-6,8-14,22,33H,7H2,1-2H3,(H,27,28)(H2,25,30,31). The highest BCUT2D eigenvalue weighted by molar-refractivity contribution is 5.95. The molecule has 166 valence electrons. The minimum atomic E-state index is -0.632. The van der Waals surface area contributed by atoms with Gasteiger partial charge in [0.2, 0.25) is 5.95 Å². The second-order valence-corrected chi connectivity index (χ2v) is 8.23. The van der Waals surface area contributed by atoms with E-state index in [1.165, 1.54) is 0 Å². The normalized spacial score (nSPS) is 13.3. The predicted molar refractivity (Wildman–Crippen MR) is 126 cm³/mol. The molecule has 0 aliphatic heterocycles. The van der Waals surface area contributed by atoms with Crippen molar-refractivity contribution in [2.75, 3.05) is 5.73 Å². The van der Waals surface area contributed by atoms with Crippen molar-refractivity contribution in [2.45, 2.75) is 19.4 Å². The first-order valence-corrected chi connectivity index (χ1v) is 10.7. The second kappa shape index (κ2) is 8.44. The van der Waals surface area contributed by atoms with Crippen LogP contribution in [0.4, 0.5) is 5.95 Å². The molecule has 0 radical (unpaired) electrons. The van der Waals surface area contributed by atoms with E-state index < -0.39 is 6.10 Å². The molecular weight excluding hydrogens is 416 g/mol. The van der Waals surface area contributed by atoms with Crippen LogP contribution in [0.3, 0.4) is 0 Å². The summed E-state index contributed by atoms with van der Waals surface area (Å²) in [5.74, 6) is 0.121. The number of nitrogens with two attached hydrogens (primary N) is 1. The number of aromatic nitrogens is 7. The average Bonchev–Trinajstić information content (AvgIpc) is 3.44. The number of anilines is 1. The van der Waals surface area contributed by atoms with Crippen molar-refractivity contribution in [3.63, 3.8) is 0 Å². The Hall–Kier alpha value is -4.11. The molecule has 0 aliphatic rings. The zero-order chi connectivity index (χ0) is 22.9. The lowest BCUT2D eigenvalue weighted by Crippen LogP contribution is -2.13. The molecule has 0 saturated carbocycles. The molecule has 2 unspecified atom stereocenters. The van der Waals surface area contributed by atoms with Gasteiger partial charge in [0, 0.05) is 65.8 Å². The van der Waals surface area contributed by atoms with Gasteiger partial charge in [-0.1, -0.05) is 6.92 Å². The molecule has 5 aromatic heterocycles. The van der Waals surface area contributed by atoms with Crippen molar-refractivity contribution in [1.82, 2.24) is 34.7 Å². The van der Waals surface area contributed by atoms with Crippen molar-refractivity contribution in [2.24, 2.45) is 13.0 Å². The van der Waals surface area contributed by atoms with E-state index in [-0.39, 0.29) is 11.9 Å². The molecule has 2 atom stereocenters. The van der Waals surface area contributed by atoms with Crippen LogP contribution in [-0.2, 0) is 13.5 Å². The van der Waals surface area contributed by atoms with Gasteiger partial charge in [-0.2, -0.15) is 5.10 Å². The summed E-state index contributed by atoms with van der Waals surface area (Å²) in [7, 11) is 1.88. The molecule has 0 saturated heterocycles. The molecule has 0 amide bonds. The lowest BCUT2D eigenvalue weighted by Gasteiger charge is -2.19. The first kappa shape index (κ1) is 20.8. The molecule has 5 rings (SSSR count). The molecule has 0 aliphatic carbocycles. The summed E-state index contributed by atoms with van der Waals surface area (Å²) in [6.07, 6.45) is 10.7. The van der Waals surface area contributed by atoms with E-state index in [2.05, 4.69) is 36.1 Å². The van der Waals surface area contributed by atoms with Crippen molar-refractivity contribution in [3.05, 3.63) is 72.7 Å². The summed E-state index contributed by atoms with van der Waals surface area (Å²) < 4.78 is 1.76. The van der Waals surface area contributed by atoms with Gasteiger partial charge in [0.15, 0.2) is 0 Å². The summed E-state index contributed by atoms with van der Waals surface area (Å²) >= 11 is 0. The summed E-state index contributed by atoms with van der Waals surface area (Å²) in [5, 5.41) is 15.9. The van der Waals surface area contributed by atoms with Crippen molar-refractivity contribution in [3.8, 4) is 22.4 Å². The summed E-state index contributed by atoms with van der Waals surface area (Å²) in [4.78, 5) is 20.7. The van der Waals surface area contributed by atoms with Gasteiger partial charge >= 0.3 is 0 Å². The smallest absolute Gasteiger partial charge is 0.220 e. The molecule has 9 nitrogen and oxygen atoms in total. The van der Waals surface area contributed by atoms with E-state index >= 15 is 0 Å². The summed E-state index contributed by atoms with van der Waals surface area (Å²) in [6.45, 7) is 1.98. The number of rotatable bonds is 6. The maximum atomic E-state index is 10.7. The molecule has 9 heteroatoms. The van der Waals surface area contributed by atoms with Crippen LogP contribution < -0.4 is 5.73 Å². The van der Waals surface area contributed by atoms with Crippen LogP contribution in [0.5, 0.6) is 0 Å². The average molecular weight is 441 g/mol. The number of H-pyrrole nitrogens is 1. The van der Waals surface area contributed by atoms with E-state index in [4.69, 9.17) is 5.73 Å². The van der Waals surface area contributed by atoms with Crippen LogP contribution in [-0.4, -0.2) is 39.8 Å². The van der Waals surface area contributed by atoms with Crippen LogP contribution in [0, 0.1) is 5.92 Å². The summed E-state index contributed by atoms with van der Waals surface area (Å²) in [5.41, 5.74) is 12.0. The number of pyridine rings is 2. The van der Waals surface area contributed by atoms with Gasteiger partial charge in [0.1, 0.15) is 5.65 Å². The second-order valence-electron chi connectivity index (χ2n) is 8.23. The van der Waals surface area contributed by atoms with E-state index in [0.717, 1.165) is 39.0 Å². The van der Waals surface area contributed by atoms with Gasteiger partial charge in [-0.3, -0.25) is 9.67 Å². The van der Waals surface area contributed by atoms with Crippen LogP contribution in [0.2, 0.25) is 0 Å². The Balaban J connectivity index is 1.47.